The minimum Gasteiger partial charge on any atom is -0.394 e. The van der Waals surface area contributed by atoms with Crippen LogP contribution >= 0.6 is 0 Å². The van der Waals surface area contributed by atoms with Crippen molar-refractivity contribution in [2.45, 2.75) is 249 Å². The molecule has 0 aromatic carbocycles. The molecule has 1 aliphatic rings. The highest BCUT2D eigenvalue weighted by Crippen LogP contribution is 2.23. The Labute approximate surface area is 397 Å². The van der Waals surface area contributed by atoms with Gasteiger partial charge in [-0.05, 0) is 70.6 Å². The molecule has 0 bridgehead atoms. The third-order valence-corrected chi connectivity index (χ3v) is 12.0. The van der Waals surface area contributed by atoms with Gasteiger partial charge in [0.25, 0.3) is 0 Å². The largest absolute Gasteiger partial charge is 0.394 e. The number of nitrogens with one attached hydrogen (secondary N) is 1. The number of carbonyl (C=O) groups excluding carboxylic acids is 1. The van der Waals surface area contributed by atoms with Crippen LogP contribution < -0.4 is 5.32 Å². The highest BCUT2D eigenvalue weighted by atomic mass is 16.7. The van der Waals surface area contributed by atoms with Crippen LogP contribution in [-0.4, -0.2) is 87.5 Å². The smallest absolute Gasteiger partial charge is 0.220 e. The van der Waals surface area contributed by atoms with Gasteiger partial charge in [-0.25, -0.2) is 0 Å². The molecule has 1 saturated heterocycles. The van der Waals surface area contributed by atoms with Crippen molar-refractivity contribution in [2.75, 3.05) is 13.2 Å². The maximum absolute atomic E-state index is 12.9. The number of allylic oxidation sites excluding steroid dienone is 13. The number of rotatable bonds is 43. The van der Waals surface area contributed by atoms with Gasteiger partial charge < -0.3 is 40.3 Å². The zero-order valence-electron chi connectivity index (χ0n) is 41.2. The van der Waals surface area contributed by atoms with E-state index in [9.17, 15) is 30.3 Å². The summed E-state index contributed by atoms with van der Waals surface area (Å²) >= 11 is 0. The molecule has 65 heavy (non-hydrogen) atoms. The molecule has 1 heterocycles. The van der Waals surface area contributed by atoms with Crippen molar-refractivity contribution in [2.24, 2.45) is 0 Å². The first-order valence-corrected chi connectivity index (χ1v) is 26.3. The van der Waals surface area contributed by atoms with Crippen molar-refractivity contribution in [3.05, 3.63) is 85.1 Å². The molecule has 0 saturated carbocycles. The van der Waals surface area contributed by atoms with Gasteiger partial charge in [0.1, 0.15) is 24.4 Å². The lowest BCUT2D eigenvalue weighted by atomic mass is 9.99. The molecule has 7 unspecified atom stereocenters. The summed E-state index contributed by atoms with van der Waals surface area (Å²) in [4.78, 5) is 12.9. The summed E-state index contributed by atoms with van der Waals surface area (Å²) in [6, 6.07) is -0.803. The Morgan fingerprint density at radius 3 is 1.42 bits per heavy atom. The van der Waals surface area contributed by atoms with E-state index in [1.54, 1.807) is 6.08 Å². The Balaban J connectivity index is 2.00. The monoisotopic (exact) mass is 912 g/mol. The topological polar surface area (TPSA) is 149 Å². The maximum atomic E-state index is 12.9. The lowest BCUT2D eigenvalue weighted by Crippen LogP contribution is -2.60. The third kappa shape index (κ3) is 35.2. The van der Waals surface area contributed by atoms with Gasteiger partial charge in [0.2, 0.25) is 5.91 Å². The lowest BCUT2D eigenvalue weighted by Gasteiger charge is -2.40. The summed E-state index contributed by atoms with van der Waals surface area (Å²) in [5.74, 6) is -0.186. The first-order chi connectivity index (χ1) is 31.8. The SMILES string of the molecule is CC/C=C\C/C=C\C/C=C\C/C=C\C/C=C\C/C=C\CCCCCCCCCCCCCCCCCCCCC(=O)NC(COC1OC(CO)C(O)C(O)C1O)C(O)/C=C/CCCCC. The second-order valence-electron chi connectivity index (χ2n) is 17.9. The van der Waals surface area contributed by atoms with Crippen LogP contribution in [0.2, 0.25) is 0 Å². The molecular weight excluding hydrogens is 815 g/mol. The van der Waals surface area contributed by atoms with E-state index in [1.165, 1.54) is 103 Å². The van der Waals surface area contributed by atoms with Crippen molar-refractivity contribution < 1.29 is 39.8 Å². The van der Waals surface area contributed by atoms with Gasteiger partial charge in [0.15, 0.2) is 6.29 Å². The molecule has 0 radical (unpaired) electrons. The minimum atomic E-state index is -1.57. The molecule has 374 valence electrons. The first kappa shape index (κ1) is 60.4. The molecule has 1 amide bonds. The van der Waals surface area contributed by atoms with Crippen LogP contribution in [0.25, 0.3) is 0 Å². The Morgan fingerprint density at radius 1 is 0.538 bits per heavy atom. The second-order valence-corrected chi connectivity index (χ2v) is 17.9. The van der Waals surface area contributed by atoms with E-state index in [0.717, 1.165) is 83.5 Å². The Kier molecular flexibility index (Phi) is 42.0. The van der Waals surface area contributed by atoms with Gasteiger partial charge >= 0.3 is 0 Å². The molecule has 9 heteroatoms. The first-order valence-electron chi connectivity index (χ1n) is 26.3. The highest BCUT2D eigenvalue weighted by molar-refractivity contribution is 5.76. The fraction of sp³-hybridized carbons (Fsp3) is 0.732. The van der Waals surface area contributed by atoms with Crippen molar-refractivity contribution in [1.82, 2.24) is 5.32 Å². The fourth-order valence-electron chi connectivity index (χ4n) is 7.81. The number of unbranched alkanes of at least 4 members (excludes halogenated alkanes) is 21. The number of amides is 1. The van der Waals surface area contributed by atoms with E-state index in [-0.39, 0.29) is 12.5 Å². The Morgan fingerprint density at radius 2 is 0.954 bits per heavy atom. The molecule has 7 atom stereocenters. The van der Waals surface area contributed by atoms with E-state index in [4.69, 9.17) is 9.47 Å². The van der Waals surface area contributed by atoms with E-state index < -0.39 is 49.5 Å². The van der Waals surface area contributed by atoms with Gasteiger partial charge in [0, 0.05) is 6.42 Å². The molecule has 1 rings (SSSR count). The quantitative estimate of drug-likeness (QED) is 0.0262. The van der Waals surface area contributed by atoms with Crippen molar-refractivity contribution in [1.29, 1.82) is 0 Å². The number of ether oxygens (including phenoxy) is 2. The average Bonchev–Trinajstić information content (AvgIpc) is 3.31. The van der Waals surface area contributed by atoms with Crippen LogP contribution in [0.1, 0.15) is 206 Å². The van der Waals surface area contributed by atoms with Crippen LogP contribution in [0, 0.1) is 0 Å². The van der Waals surface area contributed by atoms with Crippen molar-refractivity contribution in [3.8, 4) is 0 Å². The van der Waals surface area contributed by atoms with Gasteiger partial charge in [-0.1, -0.05) is 214 Å². The molecule has 1 aliphatic heterocycles. The zero-order chi connectivity index (χ0) is 47.3. The molecule has 9 nitrogen and oxygen atoms in total. The molecule has 0 spiro atoms. The van der Waals surface area contributed by atoms with Crippen molar-refractivity contribution in [3.63, 3.8) is 0 Å². The summed E-state index contributed by atoms with van der Waals surface area (Å²) in [6.07, 6.45) is 57.2. The summed E-state index contributed by atoms with van der Waals surface area (Å²) in [6.45, 7) is 3.53. The van der Waals surface area contributed by atoms with E-state index >= 15 is 0 Å². The van der Waals surface area contributed by atoms with Gasteiger partial charge in [-0.3, -0.25) is 4.79 Å². The Bertz CT molecular complexity index is 1290. The van der Waals surface area contributed by atoms with Gasteiger partial charge in [0.05, 0.1) is 25.4 Å². The maximum Gasteiger partial charge on any atom is 0.220 e. The summed E-state index contributed by atoms with van der Waals surface area (Å²) in [5.41, 5.74) is 0. The molecule has 0 aromatic rings. The molecule has 6 N–H and O–H groups in total. The fourth-order valence-corrected chi connectivity index (χ4v) is 7.81. The number of aliphatic hydroxyl groups is 5. The molecule has 0 aromatic heterocycles. The number of hydrogen-bond donors (Lipinski definition) is 6. The van der Waals surface area contributed by atoms with Crippen LogP contribution in [0.3, 0.4) is 0 Å². The van der Waals surface area contributed by atoms with Crippen LogP contribution in [0.5, 0.6) is 0 Å². The third-order valence-electron chi connectivity index (χ3n) is 12.0. The van der Waals surface area contributed by atoms with Gasteiger partial charge in [-0.2, -0.15) is 0 Å². The normalized spacial score (nSPS) is 20.6. The summed E-state index contributed by atoms with van der Waals surface area (Å²) in [7, 11) is 0. The minimum absolute atomic E-state index is 0.186. The lowest BCUT2D eigenvalue weighted by molar-refractivity contribution is -0.302. The second kappa shape index (κ2) is 45.2. The van der Waals surface area contributed by atoms with Crippen LogP contribution in [0.4, 0.5) is 0 Å². The predicted molar refractivity (Wildman–Crippen MR) is 271 cm³/mol. The molecule has 0 aliphatic carbocycles. The zero-order valence-corrected chi connectivity index (χ0v) is 41.2. The number of hydrogen-bond acceptors (Lipinski definition) is 8. The summed E-state index contributed by atoms with van der Waals surface area (Å²) in [5, 5.41) is 53.8. The van der Waals surface area contributed by atoms with Crippen LogP contribution in [-0.2, 0) is 14.3 Å². The van der Waals surface area contributed by atoms with E-state index in [2.05, 4.69) is 92.1 Å². The number of carbonyl (C=O) groups is 1. The molecule has 1 fully saturated rings. The average molecular weight is 912 g/mol. The predicted octanol–water partition coefficient (Wildman–Crippen LogP) is 12.3. The highest BCUT2D eigenvalue weighted by Gasteiger charge is 2.44. The molecular formula is C56H97NO8. The van der Waals surface area contributed by atoms with Crippen LogP contribution in [0.15, 0.2) is 85.1 Å². The number of aliphatic hydroxyl groups excluding tert-OH is 5. The van der Waals surface area contributed by atoms with E-state index in [0.29, 0.717) is 6.42 Å². The van der Waals surface area contributed by atoms with E-state index in [1.807, 2.05) is 6.08 Å². The van der Waals surface area contributed by atoms with Gasteiger partial charge in [-0.15, -0.1) is 0 Å². The Hall–Kier alpha value is -2.63. The standard InChI is InChI=1S/C56H97NO8/c1-3-5-7-9-10-11-12-13-14-15-16-17-18-19-20-21-22-23-24-25-26-27-28-29-30-31-32-33-34-35-36-37-38-39-40-42-44-46-52(60)57-49(50(59)45-43-41-8-6-4-2)48-64-56-55(63)54(62)53(61)51(47-58)65-56/h5,7,10-11,13-14,16-17,19-20,22-23,43,45,49-51,53-56,58-59,61-63H,3-4,6,8-9,12,15,18,21,24-42,44,46-48H2,1-2H3,(H,57,60)/b7-5-,11-10-,14-13-,17-16-,20-19-,23-22-,45-43+. The summed E-state index contributed by atoms with van der Waals surface area (Å²) < 4.78 is 11.1. The van der Waals surface area contributed by atoms with Crippen molar-refractivity contribution >= 4 is 5.91 Å².